The minimum absolute atomic E-state index is 0.481. The summed E-state index contributed by atoms with van der Waals surface area (Å²) in [5.41, 5.74) is 10.9. The third kappa shape index (κ3) is 3.55. The van der Waals surface area contributed by atoms with E-state index in [4.69, 9.17) is 10.5 Å². The molecule has 0 bridgehead atoms. The zero-order chi connectivity index (χ0) is 13.8. The number of hydrogen-bond donors (Lipinski definition) is 1. The van der Waals surface area contributed by atoms with Crippen molar-refractivity contribution in [3.8, 4) is 5.75 Å². The molecule has 2 N–H and O–H groups in total. The van der Waals surface area contributed by atoms with E-state index in [-0.39, 0.29) is 0 Å². The predicted molar refractivity (Wildman–Crippen MR) is 82.8 cm³/mol. The van der Waals surface area contributed by atoms with Crippen molar-refractivity contribution in [2.24, 2.45) is 5.73 Å². The van der Waals surface area contributed by atoms with E-state index in [2.05, 4.69) is 20.9 Å². The quantitative estimate of drug-likeness (QED) is 0.904. The Hall–Kier alpha value is -0.910. The van der Waals surface area contributed by atoms with Crippen molar-refractivity contribution in [3.63, 3.8) is 0 Å². The van der Waals surface area contributed by atoms with Crippen LogP contribution in [0.1, 0.15) is 21.7 Å². The molecule has 0 saturated heterocycles. The normalized spacial score (nSPS) is 10.7. The zero-order valence-corrected chi connectivity index (χ0v) is 13.5. The third-order valence-corrected chi connectivity index (χ3v) is 4.41. The summed E-state index contributed by atoms with van der Waals surface area (Å²) in [6.45, 7) is 5.20. The first-order chi connectivity index (χ1) is 9.11. The lowest BCUT2D eigenvalue weighted by molar-refractivity contribution is 0.317. The molecule has 0 fully saturated rings. The summed E-state index contributed by atoms with van der Waals surface area (Å²) in [5.74, 6) is 0.910. The summed E-state index contributed by atoms with van der Waals surface area (Å²) in [6.07, 6.45) is 0.885. The van der Waals surface area contributed by atoms with Gasteiger partial charge in [0, 0.05) is 27.9 Å². The molecular formula is C14H17BrN2OS. The SMILES string of the molecule is Cc1cc(Br)cc(CN)c1OCCc1scnc1C. The largest absolute Gasteiger partial charge is 0.493 e. The first-order valence-corrected chi connectivity index (χ1v) is 7.80. The van der Waals surface area contributed by atoms with E-state index in [0.717, 1.165) is 33.5 Å². The van der Waals surface area contributed by atoms with Gasteiger partial charge in [0.1, 0.15) is 5.75 Å². The summed E-state index contributed by atoms with van der Waals surface area (Å²) in [6, 6.07) is 4.06. The molecule has 0 aliphatic rings. The van der Waals surface area contributed by atoms with Crippen LogP contribution < -0.4 is 10.5 Å². The Bertz CT molecular complexity index is 569. The zero-order valence-electron chi connectivity index (χ0n) is 11.1. The Kier molecular flexibility index (Phi) is 4.96. The molecule has 0 saturated carbocycles. The van der Waals surface area contributed by atoms with Gasteiger partial charge >= 0.3 is 0 Å². The monoisotopic (exact) mass is 340 g/mol. The van der Waals surface area contributed by atoms with E-state index >= 15 is 0 Å². The van der Waals surface area contributed by atoms with Gasteiger partial charge in [-0.25, -0.2) is 4.98 Å². The molecule has 1 aromatic carbocycles. The molecule has 1 aromatic heterocycles. The van der Waals surface area contributed by atoms with Crippen LogP contribution in [-0.2, 0) is 13.0 Å². The lowest BCUT2D eigenvalue weighted by atomic mass is 10.1. The number of nitrogens with zero attached hydrogens (tertiary/aromatic N) is 1. The number of aryl methyl sites for hydroxylation is 2. The molecule has 0 spiro atoms. The van der Waals surface area contributed by atoms with Gasteiger partial charge in [-0.15, -0.1) is 11.3 Å². The second-order valence-corrected chi connectivity index (χ2v) is 6.23. The molecule has 2 rings (SSSR count). The van der Waals surface area contributed by atoms with E-state index in [1.54, 1.807) is 11.3 Å². The Balaban J connectivity index is 2.05. The first-order valence-electron chi connectivity index (χ1n) is 6.12. The third-order valence-electron chi connectivity index (χ3n) is 2.96. The molecule has 0 aliphatic carbocycles. The van der Waals surface area contributed by atoms with Crippen LogP contribution in [0.2, 0.25) is 0 Å². The molecule has 19 heavy (non-hydrogen) atoms. The van der Waals surface area contributed by atoms with Crippen LogP contribution in [0.15, 0.2) is 22.1 Å². The fourth-order valence-electron chi connectivity index (χ4n) is 1.97. The van der Waals surface area contributed by atoms with Gasteiger partial charge in [0.2, 0.25) is 0 Å². The number of halogens is 1. The van der Waals surface area contributed by atoms with Gasteiger partial charge in [0.05, 0.1) is 17.8 Å². The van der Waals surface area contributed by atoms with Crippen LogP contribution in [0.25, 0.3) is 0 Å². The highest BCUT2D eigenvalue weighted by atomic mass is 79.9. The second-order valence-electron chi connectivity index (χ2n) is 4.37. The van der Waals surface area contributed by atoms with Crippen molar-refractivity contribution in [1.82, 2.24) is 4.98 Å². The van der Waals surface area contributed by atoms with Crippen LogP contribution >= 0.6 is 27.3 Å². The topological polar surface area (TPSA) is 48.1 Å². The molecule has 3 nitrogen and oxygen atoms in total. The van der Waals surface area contributed by atoms with Gasteiger partial charge in [0.15, 0.2) is 0 Å². The van der Waals surface area contributed by atoms with Crippen molar-refractivity contribution >= 4 is 27.3 Å². The molecule has 5 heteroatoms. The molecule has 1 heterocycles. The fourth-order valence-corrected chi connectivity index (χ4v) is 3.35. The minimum atomic E-state index is 0.481. The van der Waals surface area contributed by atoms with Crippen molar-refractivity contribution in [2.75, 3.05) is 6.61 Å². The standard InChI is InChI=1S/C14H17BrN2OS/c1-9-5-12(15)6-11(7-16)14(9)18-4-3-13-10(2)17-8-19-13/h5-6,8H,3-4,7,16H2,1-2H3. The van der Waals surface area contributed by atoms with Crippen LogP contribution in [0.5, 0.6) is 5.75 Å². The van der Waals surface area contributed by atoms with E-state index in [9.17, 15) is 0 Å². The summed E-state index contributed by atoms with van der Waals surface area (Å²) in [4.78, 5) is 5.52. The van der Waals surface area contributed by atoms with Crippen LogP contribution in [0.3, 0.4) is 0 Å². The lowest BCUT2D eigenvalue weighted by Crippen LogP contribution is -2.07. The highest BCUT2D eigenvalue weighted by molar-refractivity contribution is 9.10. The average molecular weight is 341 g/mol. The Morgan fingerprint density at radius 1 is 1.37 bits per heavy atom. The number of ether oxygens (including phenoxy) is 1. The Morgan fingerprint density at radius 2 is 2.16 bits per heavy atom. The molecule has 0 amide bonds. The molecule has 0 atom stereocenters. The van der Waals surface area contributed by atoms with Crippen molar-refractivity contribution in [3.05, 3.63) is 43.8 Å². The van der Waals surface area contributed by atoms with Gasteiger partial charge < -0.3 is 10.5 Å². The maximum absolute atomic E-state index is 5.92. The molecule has 0 radical (unpaired) electrons. The van der Waals surface area contributed by atoms with Gasteiger partial charge in [-0.2, -0.15) is 0 Å². The predicted octanol–water partition coefficient (Wildman–Crippen LogP) is 3.60. The number of benzene rings is 1. The minimum Gasteiger partial charge on any atom is -0.493 e. The summed E-state index contributed by atoms with van der Waals surface area (Å²) in [7, 11) is 0. The highest BCUT2D eigenvalue weighted by Crippen LogP contribution is 2.28. The fraction of sp³-hybridized carbons (Fsp3) is 0.357. The molecule has 2 aromatic rings. The first kappa shape index (κ1) is 14.5. The average Bonchev–Trinajstić information content (AvgIpc) is 2.77. The number of hydrogen-bond acceptors (Lipinski definition) is 4. The lowest BCUT2D eigenvalue weighted by Gasteiger charge is -2.13. The molecule has 0 unspecified atom stereocenters. The number of thiazole rings is 1. The molecular weight excluding hydrogens is 324 g/mol. The van der Waals surface area contributed by atoms with Crippen LogP contribution in [-0.4, -0.2) is 11.6 Å². The summed E-state index contributed by atoms with van der Waals surface area (Å²) < 4.78 is 6.96. The Labute approximate surface area is 125 Å². The van der Waals surface area contributed by atoms with Gasteiger partial charge in [0.25, 0.3) is 0 Å². The van der Waals surface area contributed by atoms with Gasteiger partial charge in [-0.3, -0.25) is 0 Å². The summed E-state index contributed by atoms with van der Waals surface area (Å²) >= 11 is 5.16. The van der Waals surface area contributed by atoms with E-state index in [1.807, 2.05) is 31.5 Å². The summed E-state index contributed by atoms with van der Waals surface area (Å²) in [5, 5.41) is 0. The Morgan fingerprint density at radius 3 is 2.79 bits per heavy atom. The van der Waals surface area contributed by atoms with Crippen LogP contribution in [0, 0.1) is 13.8 Å². The molecule has 102 valence electrons. The number of nitrogens with two attached hydrogens (primary N) is 1. The van der Waals surface area contributed by atoms with Crippen molar-refractivity contribution in [1.29, 1.82) is 0 Å². The number of aromatic nitrogens is 1. The van der Waals surface area contributed by atoms with E-state index < -0.39 is 0 Å². The van der Waals surface area contributed by atoms with Crippen molar-refractivity contribution < 1.29 is 4.74 Å². The number of rotatable bonds is 5. The maximum atomic E-state index is 5.92. The maximum Gasteiger partial charge on any atom is 0.126 e. The van der Waals surface area contributed by atoms with Crippen molar-refractivity contribution in [2.45, 2.75) is 26.8 Å². The smallest absolute Gasteiger partial charge is 0.126 e. The van der Waals surface area contributed by atoms with E-state index in [1.165, 1.54) is 4.88 Å². The van der Waals surface area contributed by atoms with Crippen LogP contribution in [0.4, 0.5) is 0 Å². The molecule has 0 aliphatic heterocycles. The van der Waals surface area contributed by atoms with E-state index in [0.29, 0.717) is 13.2 Å². The second kappa shape index (κ2) is 6.50. The highest BCUT2D eigenvalue weighted by Gasteiger charge is 2.09. The van der Waals surface area contributed by atoms with Gasteiger partial charge in [-0.1, -0.05) is 15.9 Å². The van der Waals surface area contributed by atoms with Gasteiger partial charge in [-0.05, 0) is 31.5 Å².